The van der Waals surface area contributed by atoms with Gasteiger partial charge in [-0.3, -0.25) is 19.2 Å². The molecule has 0 radical (unpaired) electrons. The number of fused-ring (bicyclic) bond motifs is 1. The Morgan fingerprint density at radius 2 is 1.88 bits per heavy atom. The number of H-pyrrole nitrogens is 1. The van der Waals surface area contributed by atoms with E-state index in [4.69, 9.17) is 11.6 Å². The fourth-order valence-corrected chi connectivity index (χ4v) is 4.23. The number of carbonyl (C=O) groups is 4. The summed E-state index contributed by atoms with van der Waals surface area (Å²) >= 11 is 5.77. The van der Waals surface area contributed by atoms with Crippen LogP contribution in [0.5, 0.6) is 0 Å². The van der Waals surface area contributed by atoms with Crippen molar-refractivity contribution in [1.82, 2.24) is 20.9 Å². The summed E-state index contributed by atoms with van der Waals surface area (Å²) in [5.74, 6) is -2.01. The highest BCUT2D eigenvalue weighted by Crippen LogP contribution is 2.23. The van der Waals surface area contributed by atoms with Crippen LogP contribution in [0.4, 0.5) is 0 Å². The normalized spacial score (nSPS) is 17.9. The molecule has 1 aromatic heterocycles. The Bertz CT molecular complexity index is 1010. The molecule has 4 N–H and O–H groups in total. The van der Waals surface area contributed by atoms with Crippen molar-refractivity contribution < 1.29 is 19.2 Å². The number of aromatic amines is 1. The maximum absolute atomic E-state index is 13.2. The number of benzene rings is 1. The first-order valence-corrected chi connectivity index (χ1v) is 11.7. The SMILES string of the molecule is CC(C)(C)C[C@H](NC(=O)c1cc2ccccc2[nH]1)C(=O)N[C@@H](C[C@@H]1CCNC1=O)C(=O)CCl. The Kier molecular flexibility index (Phi) is 7.79. The number of hydrogen-bond acceptors (Lipinski definition) is 4. The van der Waals surface area contributed by atoms with Gasteiger partial charge in [-0.1, -0.05) is 39.0 Å². The zero-order valence-electron chi connectivity index (χ0n) is 19.2. The molecule has 8 nitrogen and oxygen atoms in total. The van der Waals surface area contributed by atoms with E-state index in [1.807, 2.05) is 45.0 Å². The maximum Gasteiger partial charge on any atom is 0.268 e. The highest BCUT2D eigenvalue weighted by Gasteiger charge is 2.34. The number of carbonyl (C=O) groups excluding carboxylic acids is 4. The largest absolute Gasteiger partial charge is 0.356 e. The van der Waals surface area contributed by atoms with Gasteiger partial charge in [0.25, 0.3) is 5.91 Å². The summed E-state index contributed by atoms with van der Waals surface area (Å²) in [4.78, 5) is 53.6. The second-order valence-corrected chi connectivity index (χ2v) is 10.0. The van der Waals surface area contributed by atoms with Gasteiger partial charge in [-0.15, -0.1) is 11.6 Å². The second kappa shape index (κ2) is 10.4. The zero-order chi connectivity index (χ0) is 24.2. The van der Waals surface area contributed by atoms with E-state index >= 15 is 0 Å². The van der Waals surface area contributed by atoms with Crippen LogP contribution in [0.1, 0.15) is 50.5 Å². The van der Waals surface area contributed by atoms with E-state index in [0.717, 1.165) is 10.9 Å². The van der Waals surface area contributed by atoms with Crippen molar-refractivity contribution in [2.24, 2.45) is 11.3 Å². The molecular weight excluding hydrogens is 444 g/mol. The molecule has 33 heavy (non-hydrogen) atoms. The van der Waals surface area contributed by atoms with Crippen LogP contribution in [-0.4, -0.2) is 53.0 Å². The van der Waals surface area contributed by atoms with Crippen LogP contribution in [0, 0.1) is 11.3 Å². The number of nitrogens with one attached hydrogen (secondary N) is 4. The van der Waals surface area contributed by atoms with Crippen LogP contribution in [0.25, 0.3) is 10.9 Å². The zero-order valence-corrected chi connectivity index (χ0v) is 19.9. The number of aromatic nitrogens is 1. The molecule has 3 rings (SSSR count). The number of rotatable bonds is 9. The Morgan fingerprint density at radius 3 is 2.48 bits per heavy atom. The average Bonchev–Trinajstić information content (AvgIpc) is 3.37. The van der Waals surface area contributed by atoms with Gasteiger partial charge >= 0.3 is 0 Å². The molecule has 3 amide bonds. The molecule has 1 saturated heterocycles. The van der Waals surface area contributed by atoms with E-state index in [-0.39, 0.29) is 35.3 Å². The summed E-state index contributed by atoms with van der Waals surface area (Å²) in [7, 11) is 0. The number of para-hydroxylation sites is 1. The highest BCUT2D eigenvalue weighted by molar-refractivity contribution is 6.28. The molecule has 0 aliphatic carbocycles. The van der Waals surface area contributed by atoms with Crippen LogP contribution >= 0.6 is 11.6 Å². The van der Waals surface area contributed by atoms with Crippen molar-refractivity contribution in [3.63, 3.8) is 0 Å². The Balaban J connectivity index is 1.76. The lowest BCUT2D eigenvalue weighted by atomic mass is 9.87. The fraction of sp³-hybridized carbons (Fsp3) is 0.500. The van der Waals surface area contributed by atoms with Gasteiger partial charge in [0, 0.05) is 23.4 Å². The second-order valence-electron chi connectivity index (χ2n) is 9.73. The standard InChI is InChI=1S/C24H31ClN4O4/c1-24(2,3)12-19(29-22(32)18-10-14-6-4-5-7-16(14)27-18)23(33)28-17(20(30)13-25)11-15-8-9-26-21(15)31/h4-7,10,15,17,19,27H,8-9,11-13H2,1-3H3,(H,26,31)(H,28,33)(H,29,32)/t15-,17-,19-/m0/s1. The quantitative estimate of drug-likeness (QED) is 0.417. The van der Waals surface area contributed by atoms with Crippen molar-refractivity contribution in [2.45, 2.75) is 52.1 Å². The molecule has 1 aromatic carbocycles. The van der Waals surface area contributed by atoms with Crippen molar-refractivity contribution in [1.29, 1.82) is 0 Å². The molecule has 1 fully saturated rings. The van der Waals surface area contributed by atoms with Crippen molar-refractivity contribution >= 4 is 46.0 Å². The minimum atomic E-state index is -0.892. The molecule has 0 saturated carbocycles. The van der Waals surface area contributed by atoms with Crippen LogP contribution in [0.3, 0.4) is 0 Å². The third kappa shape index (κ3) is 6.57. The third-order valence-electron chi connectivity index (χ3n) is 5.73. The lowest BCUT2D eigenvalue weighted by molar-refractivity contribution is -0.129. The molecule has 0 spiro atoms. The van der Waals surface area contributed by atoms with Gasteiger partial charge in [-0.05, 0) is 36.8 Å². The Hall–Kier alpha value is -2.87. The predicted molar refractivity (Wildman–Crippen MR) is 127 cm³/mol. The summed E-state index contributed by atoms with van der Waals surface area (Å²) in [5.41, 5.74) is 0.897. The van der Waals surface area contributed by atoms with Gasteiger partial charge in [0.05, 0.1) is 11.9 Å². The average molecular weight is 475 g/mol. The number of amides is 3. The van der Waals surface area contributed by atoms with Crippen LogP contribution in [-0.2, 0) is 14.4 Å². The molecule has 2 aromatic rings. The number of Topliss-reactive ketones (excluding diaryl/α,β-unsaturated/α-hetero) is 1. The van der Waals surface area contributed by atoms with E-state index in [1.54, 1.807) is 6.07 Å². The molecule has 9 heteroatoms. The van der Waals surface area contributed by atoms with Gasteiger partial charge in [0.2, 0.25) is 11.8 Å². The molecule has 0 bridgehead atoms. The van der Waals surface area contributed by atoms with Crippen molar-refractivity contribution in [3.05, 3.63) is 36.0 Å². The van der Waals surface area contributed by atoms with E-state index in [2.05, 4.69) is 20.9 Å². The van der Waals surface area contributed by atoms with Gasteiger partial charge in [0.1, 0.15) is 11.7 Å². The number of hydrogen-bond donors (Lipinski definition) is 4. The first kappa shape index (κ1) is 24.8. The monoisotopic (exact) mass is 474 g/mol. The number of alkyl halides is 1. The summed E-state index contributed by atoms with van der Waals surface area (Å²) in [5, 5.41) is 9.18. The maximum atomic E-state index is 13.2. The summed E-state index contributed by atoms with van der Waals surface area (Å²) in [6, 6.07) is 7.48. The predicted octanol–water partition coefficient (Wildman–Crippen LogP) is 2.52. The lowest BCUT2D eigenvalue weighted by Crippen LogP contribution is -2.53. The van der Waals surface area contributed by atoms with Crippen LogP contribution in [0.2, 0.25) is 0 Å². The van der Waals surface area contributed by atoms with E-state index in [1.165, 1.54) is 0 Å². The number of halogens is 1. The van der Waals surface area contributed by atoms with Gasteiger partial charge in [-0.25, -0.2) is 0 Å². The minimum absolute atomic E-state index is 0.130. The van der Waals surface area contributed by atoms with Crippen LogP contribution < -0.4 is 16.0 Å². The number of ketones is 1. The first-order valence-electron chi connectivity index (χ1n) is 11.1. The Labute approximate surface area is 198 Å². The van der Waals surface area contributed by atoms with Crippen molar-refractivity contribution in [3.8, 4) is 0 Å². The van der Waals surface area contributed by atoms with Crippen LogP contribution in [0.15, 0.2) is 30.3 Å². The summed E-state index contributed by atoms with van der Waals surface area (Å²) in [6.45, 7) is 6.44. The topological polar surface area (TPSA) is 120 Å². The third-order valence-corrected chi connectivity index (χ3v) is 6.00. The molecule has 178 valence electrons. The molecule has 2 heterocycles. The molecule has 3 atom stereocenters. The lowest BCUT2D eigenvalue weighted by Gasteiger charge is -2.28. The molecule has 1 aliphatic heterocycles. The molecule has 1 aliphatic rings. The van der Waals surface area contributed by atoms with Gasteiger partial charge in [-0.2, -0.15) is 0 Å². The van der Waals surface area contributed by atoms with E-state index in [0.29, 0.717) is 25.1 Å². The molecular formula is C24H31ClN4O4. The fourth-order valence-electron chi connectivity index (χ4n) is 4.04. The van der Waals surface area contributed by atoms with Gasteiger partial charge in [0.15, 0.2) is 5.78 Å². The first-order chi connectivity index (χ1) is 15.6. The minimum Gasteiger partial charge on any atom is -0.356 e. The van der Waals surface area contributed by atoms with E-state index < -0.39 is 23.9 Å². The summed E-state index contributed by atoms with van der Waals surface area (Å²) < 4.78 is 0. The van der Waals surface area contributed by atoms with Gasteiger partial charge < -0.3 is 20.9 Å². The highest BCUT2D eigenvalue weighted by atomic mass is 35.5. The van der Waals surface area contributed by atoms with Crippen molar-refractivity contribution in [2.75, 3.05) is 12.4 Å². The summed E-state index contributed by atoms with van der Waals surface area (Å²) in [6.07, 6.45) is 1.14. The smallest absolute Gasteiger partial charge is 0.268 e. The Morgan fingerprint density at radius 1 is 1.15 bits per heavy atom. The molecule has 0 unspecified atom stereocenters. The van der Waals surface area contributed by atoms with E-state index in [9.17, 15) is 19.2 Å².